The molecule has 21 heavy (non-hydrogen) atoms. The van der Waals surface area contributed by atoms with Crippen molar-refractivity contribution in [1.82, 2.24) is 10.2 Å². The number of amides is 1. The van der Waals surface area contributed by atoms with Crippen molar-refractivity contribution >= 4 is 17.5 Å². The van der Waals surface area contributed by atoms with Crippen LogP contribution in [-0.4, -0.2) is 36.5 Å². The number of halogens is 1. The van der Waals surface area contributed by atoms with E-state index in [0.29, 0.717) is 16.5 Å². The van der Waals surface area contributed by atoms with E-state index in [1.165, 1.54) is 12.8 Å². The molecule has 2 rings (SSSR count). The maximum absolute atomic E-state index is 12.8. The number of rotatable bonds is 4. The molecule has 1 heterocycles. The zero-order valence-electron chi connectivity index (χ0n) is 13.2. The Kier molecular flexibility index (Phi) is 5.65. The monoisotopic (exact) mass is 308 g/mol. The van der Waals surface area contributed by atoms with E-state index in [0.717, 1.165) is 25.2 Å². The Morgan fingerprint density at radius 2 is 2.24 bits per heavy atom. The van der Waals surface area contributed by atoms with E-state index in [-0.39, 0.29) is 11.9 Å². The van der Waals surface area contributed by atoms with Gasteiger partial charge < -0.3 is 10.2 Å². The molecule has 3 nitrogen and oxygen atoms in total. The summed E-state index contributed by atoms with van der Waals surface area (Å²) in [5.74, 6) is 0.628. The molecule has 116 valence electrons. The molecular formula is C17H25ClN2O. The summed E-state index contributed by atoms with van der Waals surface area (Å²) in [6, 6.07) is 5.77. The van der Waals surface area contributed by atoms with E-state index in [9.17, 15) is 4.79 Å². The number of carbonyl (C=O) groups excluding carboxylic acids is 1. The zero-order chi connectivity index (χ0) is 15.4. The first-order chi connectivity index (χ1) is 9.99. The first-order valence-corrected chi connectivity index (χ1v) is 8.14. The summed E-state index contributed by atoms with van der Waals surface area (Å²) in [6.45, 7) is 9.01. The van der Waals surface area contributed by atoms with E-state index in [4.69, 9.17) is 11.6 Å². The van der Waals surface area contributed by atoms with Gasteiger partial charge in [-0.2, -0.15) is 0 Å². The van der Waals surface area contributed by atoms with Gasteiger partial charge in [-0.3, -0.25) is 4.79 Å². The van der Waals surface area contributed by atoms with Crippen LogP contribution >= 0.6 is 11.6 Å². The van der Waals surface area contributed by atoms with Crippen molar-refractivity contribution in [1.29, 1.82) is 0 Å². The van der Waals surface area contributed by atoms with E-state index in [2.05, 4.69) is 19.2 Å². The Morgan fingerprint density at radius 3 is 2.81 bits per heavy atom. The van der Waals surface area contributed by atoms with Gasteiger partial charge in [0.2, 0.25) is 0 Å². The van der Waals surface area contributed by atoms with Crippen LogP contribution < -0.4 is 5.32 Å². The predicted molar refractivity (Wildman–Crippen MR) is 88.0 cm³/mol. The van der Waals surface area contributed by atoms with Crippen LogP contribution in [0.4, 0.5) is 0 Å². The van der Waals surface area contributed by atoms with Gasteiger partial charge in [-0.15, -0.1) is 0 Å². The second-order valence-corrected chi connectivity index (χ2v) is 6.63. The molecule has 1 aliphatic heterocycles. The van der Waals surface area contributed by atoms with Crippen molar-refractivity contribution in [3.05, 3.63) is 34.3 Å². The van der Waals surface area contributed by atoms with E-state index >= 15 is 0 Å². The highest BCUT2D eigenvalue weighted by atomic mass is 35.5. The number of aryl methyl sites for hydroxylation is 1. The number of benzene rings is 1. The topological polar surface area (TPSA) is 32.3 Å². The van der Waals surface area contributed by atoms with Crippen molar-refractivity contribution in [2.75, 3.05) is 19.6 Å². The third-order valence-electron chi connectivity index (χ3n) is 4.16. The van der Waals surface area contributed by atoms with E-state index in [1.807, 2.05) is 24.0 Å². The number of nitrogens with zero attached hydrogens (tertiary/aromatic N) is 1. The molecule has 4 heteroatoms. The van der Waals surface area contributed by atoms with Gasteiger partial charge in [-0.05, 0) is 70.3 Å². The Bertz CT molecular complexity index is 496. The summed E-state index contributed by atoms with van der Waals surface area (Å²) in [7, 11) is 0. The van der Waals surface area contributed by atoms with E-state index in [1.54, 1.807) is 6.07 Å². The normalized spacial score (nSPS) is 18.8. The predicted octanol–water partition coefficient (Wildman–Crippen LogP) is 3.50. The fourth-order valence-electron chi connectivity index (χ4n) is 2.78. The molecule has 1 amide bonds. The Balaban J connectivity index is 2.12. The molecule has 0 bridgehead atoms. The fourth-order valence-corrected chi connectivity index (χ4v) is 2.96. The fraction of sp³-hybridized carbons (Fsp3) is 0.588. The lowest BCUT2D eigenvalue weighted by Gasteiger charge is -2.33. The standard InChI is InChI=1S/C17H25ClN2O/c1-12(2)20(11-14-5-4-8-19-10-14)17(21)15-7-6-13(3)16(18)9-15/h6-7,9,12,14,19H,4-5,8,10-11H2,1-3H3. The molecule has 1 atom stereocenters. The van der Waals surface area contributed by atoms with Crippen molar-refractivity contribution < 1.29 is 4.79 Å². The lowest BCUT2D eigenvalue weighted by atomic mass is 9.98. The van der Waals surface area contributed by atoms with Gasteiger partial charge in [0, 0.05) is 23.2 Å². The third kappa shape index (κ3) is 4.21. The molecule has 0 radical (unpaired) electrons. The molecule has 1 unspecified atom stereocenters. The second kappa shape index (κ2) is 7.28. The number of carbonyl (C=O) groups is 1. The van der Waals surface area contributed by atoms with E-state index < -0.39 is 0 Å². The number of hydrogen-bond acceptors (Lipinski definition) is 2. The number of hydrogen-bond donors (Lipinski definition) is 1. The molecule has 0 aromatic heterocycles. The quantitative estimate of drug-likeness (QED) is 0.923. The summed E-state index contributed by atoms with van der Waals surface area (Å²) >= 11 is 6.15. The highest BCUT2D eigenvalue weighted by Crippen LogP contribution is 2.20. The van der Waals surface area contributed by atoms with Crippen LogP contribution in [-0.2, 0) is 0 Å². The average Bonchev–Trinajstić information content (AvgIpc) is 2.47. The van der Waals surface area contributed by atoms with Gasteiger partial charge in [0.05, 0.1) is 0 Å². The Hall–Kier alpha value is -1.06. The summed E-state index contributed by atoms with van der Waals surface area (Å²) < 4.78 is 0. The lowest BCUT2D eigenvalue weighted by molar-refractivity contribution is 0.0661. The van der Waals surface area contributed by atoms with Crippen LogP contribution in [0.5, 0.6) is 0 Å². The maximum Gasteiger partial charge on any atom is 0.254 e. The van der Waals surface area contributed by atoms with Crippen molar-refractivity contribution in [3.8, 4) is 0 Å². The van der Waals surface area contributed by atoms with Gasteiger partial charge in [0.15, 0.2) is 0 Å². The Morgan fingerprint density at radius 1 is 1.48 bits per heavy atom. The van der Waals surface area contributed by atoms with Crippen LogP contribution in [0.3, 0.4) is 0 Å². The summed E-state index contributed by atoms with van der Waals surface area (Å²) in [4.78, 5) is 14.7. The molecular weight excluding hydrogens is 284 g/mol. The lowest BCUT2D eigenvalue weighted by Crippen LogP contribution is -2.44. The SMILES string of the molecule is Cc1ccc(C(=O)N(CC2CCCNC2)C(C)C)cc1Cl. The first kappa shape index (κ1) is 16.3. The summed E-state index contributed by atoms with van der Waals surface area (Å²) in [5, 5.41) is 4.07. The maximum atomic E-state index is 12.8. The summed E-state index contributed by atoms with van der Waals surface area (Å²) in [5.41, 5.74) is 1.68. The number of piperidine rings is 1. The largest absolute Gasteiger partial charge is 0.336 e. The third-order valence-corrected chi connectivity index (χ3v) is 4.56. The van der Waals surface area contributed by atoms with Crippen molar-refractivity contribution in [3.63, 3.8) is 0 Å². The Labute approximate surface area is 132 Å². The first-order valence-electron chi connectivity index (χ1n) is 7.77. The minimum absolute atomic E-state index is 0.0810. The second-order valence-electron chi connectivity index (χ2n) is 6.23. The average molecular weight is 309 g/mol. The van der Waals surface area contributed by atoms with Gasteiger partial charge in [-0.25, -0.2) is 0 Å². The van der Waals surface area contributed by atoms with Crippen LogP contribution in [0.1, 0.15) is 42.6 Å². The van der Waals surface area contributed by atoms with Gasteiger partial charge >= 0.3 is 0 Å². The molecule has 0 aliphatic carbocycles. The molecule has 0 spiro atoms. The molecule has 1 N–H and O–H groups in total. The minimum atomic E-state index is 0.0810. The van der Waals surface area contributed by atoms with Gasteiger partial charge in [0.1, 0.15) is 0 Å². The minimum Gasteiger partial charge on any atom is -0.336 e. The number of nitrogens with one attached hydrogen (secondary N) is 1. The molecule has 0 saturated carbocycles. The van der Waals surface area contributed by atoms with Crippen LogP contribution in [0.25, 0.3) is 0 Å². The van der Waals surface area contributed by atoms with Gasteiger partial charge in [-0.1, -0.05) is 17.7 Å². The van der Waals surface area contributed by atoms with Crippen molar-refractivity contribution in [2.24, 2.45) is 5.92 Å². The van der Waals surface area contributed by atoms with Crippen molar-refractivity contribution in [2.45, 2.75) is 39.7 Å². The highest BCUT2D eigenvalue weighted by Gasteiger charge is 2.24. The molecule has 1 aliphatic rings. The smallest absolute Gasteiger partial charge is 0.254 e. The highest BCUT2D eigenvalue weighted by molar-refractivity contribution is 6.31. The molecule has 1 saturated heterocycles. The summed E-state index contributed by atoms with van der Waals surface area (Å²) in [6.07, 6.45) is 2.39. The van der Waals surface area contributed by atoms with Crippen LogP contribution in [0, 0.1) is 12.8 Å². The molecule has 1 fully saturated rings. The van der Waals surface area contributed by atoms with Gasteiger partial charge in [0.25, 0.3) is 5.91 Å². The molecule has 1 aromatic carbocycles. The zero-order valence-corrected chi connectivity index (χ0v) is 13.9. The molecule has 1 aromatic rings. The van der Waals surface area contributed by atoms with Crippen LogP contribution in [0.2, 0.25) is 5.02 Å². The van der Waals surface area contributed by atoms with Crippen LogP contribution in [0.15, 0.2) is 18.2 Å².